The summed E-state index contributed by atoms with van der Waals surface area (Å²) >= 11 is 0. The van der Waals surface area contributed by atoms with Crippen LogP contribution < -0.4 is 9.64 Å². The summed E-state index contributed by atoms with van der Waals surface area (Å²) in [6.07, 6.45) is 0. The van der Waals surface area contributed by atoms with Gasteiger partial charge in [0.2, 0.25) is 0 Å². The van der Waals surface area contributed by atoms with Gasteiger partial charge in [0.1, 0.15) is 27.9 Å². The van der Waals surface area contributed by atoms with Crippen LogP contribution in [0.5, 0.6) is 11.5 Å². The fourth-order valence-electron chi connectivity index (χ4n) is 10.1. The molecule has 0 bridgehead atoms. The van der Waals surface area contributed by atoms with Gasteiger partial charge in [0, 0.05) is 45.0 Å². The van der Waals surface area contributed by atoms with E-state index in [2.05, 4.69) is 205 Å². The molecule has 0 amide bonds. The number of ether oxygens (including phenoxy) is 1. The summed E-state index contributed by atoms with van der Waals surface area (Å²) in [5, 5.41) is 3.17. The van der Waals surface area contributed by atoms with Gasteiger partial charge in [-0.2, -0.15) is 0 Å². The van der Waals surface area contributed by atoms with E-state index in [1.54, 1.807) is 0 Å². The highest BCUT2D eigenvalue weighted by atomic mass is 16.5. The van der Waals surface area contributed by atoms with Crippen LogP contribution in [0.25, 0.3) is 66.3 Å². The summed E-state index contributed by atoms with van der Waals surface area (Å²) in [6.45, 7) is 0. The van der Waals surface area contributed by atoms with E-state index in [1.165, 1.54) is 22.3 Å². The van der Waals surface area contributed by atoms with Crippen molar-refractivity contribution < 1.29 is 13.6 Å². The number of hydrogen-bond acceptors (Lipinski definition) is 4. The van der Waals surface area contributed by atoms with Crippen molar-refractivity contribution in [3.63, 3.8) is 0 Å². The summed E-state index contributed by atoms with van der Waals surface area (Å²) in [4.78, 5) is 2.31. The second-order valence-electron chi connectivity index (χ2n) is 16.0. The van der Waals surface area contributed by atoms with E-state index in [0.717, 1.165) is 95.0 Å². The molecule has 1 spiro atoms. The second kappa shape index (κ2) is 13.0. The van der Waals surface area contributed by atoms with E-state index < -0.39 is 5.41 Å². The lowest BCUT2D eigenvalue weighted by Crippen LogP contribution is -2.31. The molecule has 0 saturated heterocycles. The van der Waals surface area contributed by atoms with Crippen LogP contribution in [0, 0.1) is 0 Å². The minimum Gasteiger partial charge on any atom is -0.455 e. The molecule has 0 fully saturated rings. The van der Waals surface area contributed by atoms with Crippen LogP contribution in [-0.2, 0) is 5.41 Å². The zero-order valence-electron chi connectivity index (χ0n) is 32.9. The largest absolute Gasteiger partial charge is 0.455 e. The van der Waals surface area contributed by atoms with Gasteiger partial charge in [-0.25, -0.2) is 0 Å². The van der Waals surface area contributed by atoms with Crippen molar-refractivity contribution in [1.82, 2.24) is 0 Å². The Bertz CT molecular complexity index is 3480. The van der Waals surface area contributed by atoms with Gasteiger partial charge in [0.05, 0.1) is 5.39 Å². The maximum Gasteiger partial charge on any atom is 0.178 e. The fraction of sp³-hybridized carbons (Fsp3) is 0.0175. The predicted octanol–water partition coefficient (Wildman–Crippen LogP) is 15.6. The highest BCUT2D eigenvalue weighted by Gasteiger charge is 2.54. The maximum absolute atomic E-state index is 7.24. The Hall–Kier alpha value is -8.08. The van der Waals surface area contributed by atoms with Crippen molar-refractivity contribution in [3.05, 3.63) is 235 Å². The van der Waals surface area contributed by atoms with Gasteiger partial charge in [0.25, 0.3) is 0 Å². The second-order valence-corrected chi connectivity index (χ2v) is 16.0. The first-order valence-electron chi connectivity index (χ1n) is 20.7. The lowest BCUT2D eigenvalue weighted by atomic mass is 9.69. The van der Waals surface area contributed by atoms with Crippen molar-refractivity contribution in [2.45, 2.75) is 5.41 Å². The number of para-hydroxylation sites is 3. The van der Waals surface area contributed by atoms with Crippen molar-refractivity contribution in [1.29, 1.82) is 0 Å². The first kappa shape index (κ1) is 33.8. The quantitative estimate of drug-likeness (QED) is 0.174. The van der Waals surface area contributed by atoms with Crippen molar-refractivity contribution in [3.8, 4) is 44.9 Å². The highest BCUT2D eigenvalue weighted by Crippen LogP contribution is 2.63. The van der Waals surface area contributed by atoms with Crippen molar-refractivity contribution in [2.24, 2.45) is 0 Å². The van der Waals surface area contributed by atoms with E-state index in [0.29, 0.717) is 0 Å². The first-order valence-corrected chi connectivity index (χ1v) is 20.7. The summed E-state index contributed by atoms with van der Waals surface area (Å²) in [5.41, 5.74) is 15.2. The van der Waals surface area contributed by atoms with Gasteiger partial charge >= 0.3 is 0 Å². The number of rotatable bonds is 5. The molecule has 2 aromatic heterocycles. The summed E-state index contributed by atoms with van der Waals surface area (Å²) in [7, 11) is 0. The maximum atomic E-state index is 7.24. The monoisotopic (exact) mass is 781 g/mol. The van der Waals surface area contributed by atoms with Crippen LogP contribution in [0.3, 0.4) is 0 Å². The molecule has 0 atom stereocenters. The number of nitrogens with zero attached hydrogens (tertiary/aromatic N) is 1. The van der Waals surface area contributed by atoms with Gasteiger partial charge in [-0.05, 0) is 87.5 Å². The number of anilines is 3. The van der Waals surface area contributed by atoms with Gasteiger partial charge in [-0.3, -0.25) is 0 Å². The summed E-state index contributed by atoms with van der Waals surface area (Å²) < 4.78 is 20.6. The van der Waals surface area contributed by atoms with Gasteiger partial charge in [-0.15, -0.1) is 0 Å². The molecular weight excluding hydrogens is 747 g/mol. The molecule has 4 nitrogen and oxygen atoms in total. The lowest BCUT2D eigenvalue weighted by Gasteiger charge is -2.36. The zero-order valence-corrected chi connectivity index (χ0v) is 32.9. The molecule has 1 aliphatic carbocycles. The molecule has 1 aliphatic heterocycles. The van der Waals surface area contributed by atoms with Gasteiger partial charge in [0.15, 0.2) is 11.5 Å². The molecule has 286 valence electrons. The molecule has 13 rings (SSSR count). The summed E-state index contributed by atoms with van der Waals surface area (Å²) in [6, 6.07) is 75.1. The number of furan rings is 2. The van der Waals surface area contributed by atoms with E-state index in [9.17, 15) is 0 Å². The molecule has 3 heterocycles. The molecule has 61 heavy (non-hydrogen) atoms. The third kappa shape index (κ3) is 4.87. The zero-order chi connectivity index (χ0) is 40.1. The molecule has 2 aliphatic rings. The SMILES string of the molecule is c1ccc(-c2cccc(N(c3ccc(-c4cccc5c4oc4ccccc45)cc3)c3ccc4c5c(oc4c3)C3(c4ccccc4O5)c4ccccc4-c4ccccc43)c2)cc1. The smallest absolute Gasteiger partial charge is 0.178 e. The first-order chi connectivity index (χ1) is 30.2. The van der Waals surface area contributed by atoms with E-state index in [1.807, 2.05) is 12.1 Å². The lowest BCUT2D eigenvalue weighted by molar-refractivity contribution is 0.389. The Morgan fingerprint density at radius 3 is 1.80 bits per heavy atom. The average Bonchev–Trinajstić information content (AvgIpc) is 3.99. The third-order valence-electron chi connectivity index (χ3n) is 12.7. The number of hydrogen-bond donors (Lipinski definition) is 0. The highest BCUT2D eigenvalue weighted by molar-refractivity contribution is 6.09. The van der Waals surface area contributed by atoms with Gasteiger partial charge < -0.3 is 18.5 Å². The molecule has 0 saturated carbocycles. The average molecular weight is 782 g/mol. The number of benzene rings is 9. The molecule has 0 N–H and O–H groups in total. The van der Waals surface area contributed by atoms with Crippen molar-refractivity contribution >= 4 is 50.0 Å². The Morgan fingerprint density at radius 2 is 0.984 bits per heavy atom. The minimum absolute atomic E-state index is 0.682. The Kier molecular flexibility index (Phi) is 7.19. The minimum atomic E-state index is -0.682. The molecule has 0 unspecified atom stereocenters. The van der Waals surface area contributed by atoms with Gasteiger partial charge in [-0.1, -0.05) is 158 Å². The molecule has 11 aromatic rings. The van der Waals surface area contributed by atoms with Crippen LogP contribution in [0.15, 0.2) is 221 Å². The van der Waals surface area contributed by atoms with Crippen LogP contribution in [-0.4, -0.2) is 0 Å². The number of fused-ring (bicyclic) bond motifs is 14. The van der Waals surface area contributed by atoms with Crippen LogP contribution in [0.2, 0.25) is 0 Å². The standard InChI is InChI=1S/C57H35NO3/c1-2-14-36(15-3-1)38-16-12-17-40(34-38)58(39-30-28-37(29-31-39)42-21-13-22-46-45-20-6-10-26-51(45)59-54(42)46)41-32-33-47-53(35-41)61-56-55(47)60-52-27-11-9-25-50(52)57(56)48-23-7-4-18-43(48)44-19-5-8-24-49(44)57/h1-35H. The van der Waals surface area contributed by atoms with E-state index >= 15 is 0 Å². The van der Waals surface area contributed by atoms with Crippen molar-refractivity contribution in [2.75, 3.05) is 4.90 Å². The van der Waals surface area contributed by atoms with E-state index in [-0.39, 0.29) is 0 Å². The fourth-order valence-corrected chi connectivity index (χ4v) is 10.1. The van der Waals surface area contributed by atoms with Crippen LogP contribution in [0.1, 0.15) is 22.5 Å². The topological polar surface area (TPSA) is 38.8 Å². The third-order valence-corrected chi connectivity index (χ3v) is 12.7. The Labute approximate surface area is 352 Å². The normalized spacial score (nSPS) is 13.2. The Balaban J connectivity index is 0.994. The Morgan fingerprint density at radius 1 is 0.361 bits per heavy atom. The van der Waals surface area contributed by atoms with Crippen LogP contribution in [0.4, 0.5) is 17.1 Å². The molecule has 0 radical (unpaired) electrons. The summed E-state index contributed by atoms with van der Waals surface area (Å²) in [5.74, 6) is 2.40. The molecule has 4 heteroatoms. The molecule has 9 aromatic carbocycles. The van der Waals surface area contributed by atoms with Crippen LogP contribution >= 0.6 is 0 Å². The predicted molar refractivity (Wildman–Crippen MR) is 246 cm³/mol. The van der Waals surface area contributed by atoms with E-state index in [4.69, 9.17) is 13.6 Å². The molecular formula is C57H35NO3.